The lowest BCUT2D eigenvalue weighted by molar-refractivity contribution is 0.584. The van der Waals surface area contributed by atoms with Gasteiger partial charge in [0.1, 0.15) is 11.9 Å². The van der Waals surface area contributed by atoms with E-state index < -0.39 is 0 Å². The monoisotopic (exact) mass is 371 g/mol. The van der Waals surface area contributed by atoms with Crippen molar-refractivity contribution in [3.8, 4) is 0 Å². The maximum atomic E-state index is 13.7. The van der Waals surface area contributed by atoms with Crippen LogP contribution in [0.15, 0.2) is 72.0 Å². The summed E-state index contributed by atoms with van der Waals surface area (Å²) in [7, 11) is 1.97. The number of fused-ring (bicyclic) bond motifs is 2. The molecule has 0 radical (unpaired) electrons. The third-order valence-electron chi connectivity index (χ3n) is 5.08. The molecule has 0 spiro atoms. The van der Waals surface area contributed by atoms with E-state index in [2.05, 4.69) is 33.2 Å². The summed E-state index contributed by atoms with van der Waals surface area (Å²) in [4.78, 5) is 13.3. The molecular weight excluding hydrogens is 353 g/mol. The molecule has 1 atom stereocenters. The molecule has 0 aliphatic carbocycles. The van der Waals surface area contributed by atoms with Gasteiger partial charge in [0, 0.05) is 31.3 Å². The predicted octanol–water partition coefficient (Wildman–Crippen LogP) is 4.19. The Morgan fingerprint density at radius 1 is 1.04 bits per heavy atom. The average Bonchev–Trinajstić information content (AvgIpc) is 3.12. The average molecular weight is 371 g/mol. The fourth-order valence-electron chi connectivity index (χ4n) is 3.72. The zero-order valence-electron chi connectivity index (χ0n) is 15.3. The first-order valence-electron chi connectivity index (χ1n) is 9.12. The number of benzene rings is 2. The Labute approximate surface area is 161 Å². The molecule has 1 unspecified atom stereocenters. The summed E-state index contributed by atoms with van der Waals surface area (Å²) in [6.07, 6.45) is 6.18. The molecule has 0 N–H and O–H groups in total. The standard InChI is InChI=1S/C22H18FN5/c1-27-21(17-4-2-6-18(23)12-17)14-26-22-25-13-19(28(22)27)11-15-7-8-20-16(10-15)5-3-9-24-20/h2-10,12-14,21H,11H2,1H3. The Hall–Kier alpha value is -3.54. The van der Waals surface area contributed by atoms with Crippen molar-refractivity contribution in [2.24, 2.45) is 4.99 Å². The van der Waals surface area contributed by atoms with Crippen molar-refractivity contribution in [2.75, 3.05) is 12.1 Å². The lowest BCUT2D eigenvalue weighted by Gasteiger charge is -2.33. The molecule has 1 aliphatic heterocycles. The molecule has 6 heteroatoms. The number of hydrogen-bond acceptors (Lipinski definition) is 4. The summed E-state index contributed by atoms with van der Waals surface area (Å²) in [5, 5.41) is 3.16. The van der Waals surface area contributed by atoms with Crippen molar-refractivity contribution in [1.29, 1.82) is 0 Å². The number of aromatic nitrogens is 3. The minimum absolute atomic E-state index is 0.156. The molecule has 5 nitrogen and oxygen atoms in total. The molecule has 28 heavy (non-hydrogen) atoms. The molecule has 0 amide bonds. The number of pyridine rings is 1. The van der Waals surface area contributed by atoms with Gasteiger partial charge in [0.15, 0.2) is 0 Å². The van der Waals surface area contributed by atoms with E-state index in [1.807, 2.05) is 47.3 Å². The van der Waals surface area contributed by atoms with Crippen LogP contribution in [0.4, 0.5) is 10.3 Å². The SMILES string of the molecule is CN1C(c2cccc(F)c2)C=Nc2ncc(Cc3ccc4ncccc4c3)n21. The second-order valence-electron chi connectivity index (χ2n) is 6.92. The smallest absolute Gasteiger partial charge is 0.248 e. The summed E-state index contributed by atoms with van der Waals surface area (Å²) in [5.74, 6) is 0.383. The predicted molar refractivity (Wildman–Crippen MR) is 108 cm³/mol. The Morgan fingerprint density at radius 3 is 2.86 bits per heavy atom. The van der Waals surface area contributed by atoms with E-state index in [1.165, 1.54) is 11.6 Å². The van der Waals surface area contributed by atoms with Gasteiger partial charge in [0.2, 0.25) is 5.95 Å². The molecule has 0 saturated heterocycles. The third-order valence-corrected chi connectivity index (χ3v) is 5.08. The Morgan fingerprint density at radius 2 is 1.96 bits per heavy atom. The van der Waals surface area contributed by atoms with Gasteiger partial charge in [-0.2, -0.15) is 0 Å². The highest BCUT2D eigenvalue weighted by molar-refractivity contribution is 5.79. The maximum Gasteiger partial charge on any atom is 0.248 e. The highest BCUT2D eigenvalue weighted by Gasteiger charge is 2.25. The van der Waals surface area contributed by atoms with E-state index in [1.54, 1.807) is 18.3 Å². The van der Waals surface area contributed by atoms with Gasteiger partial charge in [0.05, 0.1) is 17.4 Å². The molecule has 0 bridgehead atoms. The van der Waals surface area contributed by atoms with Crippen LogP contribution in [-0.4, -0.2) is 27.9 Å². The van der Waals surface area contributed by atoms with Crippen LogP contribution >= 0.6 is 0 Å². The van der Waals surface area contributed by atoms with Crippen molar-refractivity contribution in [3.05, 3.63) is 89.6 Å². The molecule has 5 rings (SSSR count). The zero-order valence-corrected chi connectivity index (χ0v) is 15.3. The molecule has 1 aliphatic rings. The number of hydrogen-bond donors (Lipinski definition) is 0. The molecule has 0 saturated carbocycles. The van der Waals surface area contributed by atoms with Crippen LogP contribution in [0.5, 0.6) is 0 Å². The number of rotatable bonds is 3. The fraction of sp³-hybridized carbons (Fsp3) is 0.136. The molecule has 4 aromatic rings. The minimum atomic E-state index is -0.249. The quantitative estimate of drug-likeness (QED) is 0.543. The van der Waals surface area contributed by atoms with Crippen LogP contribution in [0, 0.1) is 5.82 Å². The molecule has 2 aromatic carbocycles. The first kappa shape index (κ1) is 16.6. The van der Waals surface area contributed by atoms with E-state index in [0.29, 0.717) is 12.4 Å². The third kappa shape index (κ3) is 2.83. The summed E-state index contributed by atoms with van der Waals surface area (Å²) in [6, 6.07) is 16.8. The molecule has 138 valence electrons. The summed E-state index contributed by atoms with van der Waals surface area (Å²) >= 11 is 0. The van der Waals surface area contributed by atoms with Gasteiger partial charge in [-0.3, -0.25) is 4.98 Å². The van der Waals surface area contributed by atoms with Crippen LogP contribution in [-0.2, 0) is 6.42 Å². The number of aliphatic imine (C=N–C) groups is 1. The normalized spacial score (nSPS) is 15.8. The largest absolute Gasteiger partial charge is 0.300 e. The molecular formula is C22H18FN5. The van der Waals surface area contributed by atoms with E-state index in [4.69, 9.17) is 0 Å². The van der Waals surface area contributed by atoms with Gasteiger partial charge in [-0.05, 0) is 41.5 Å². The van der Waals surface area contributed by atoms with Crippen molar-refractivity contribution in [3.63, 3.8) is 0 Å². The van der Waals surface area contributed by atoms with E-state index in [9.17, 15) is 4.39 Å². The van der Waals surface area contributed by atoms with E-state index >= 15 is 0 Å². The van der Waals surface area contributed by atoms with E-state index in [-0.39, 0.29) is 11.9 Å². The van der Waals surface area contributed by atoms with Crippen LogP contribution in [0.25, 0.3) is 10.9 Å². The van der Waals surface area contributed by atoms with E-state index in [0.717, 1.165) is 22.2 Å². The lowest BCUT2D eigenvalue weighted by Crippen LogP contribution is -2.38. The van der Waals surface area contributed by atoms with Gasteiger partial charge < -0.3 is 5.01 Å². The van der Waals surface area contributed by atoms with Crippen molar-refractivity contribution < 1.29 is 4.39 Å². The van der Waals surface area contributed by atoms with Crippen molar-refractivity contribution >= 4 is 23.1 Å². The van der Waals surface area contributed by atoms with Crippen molar-refractivity contribution in [2.45, 2.75) is 12.5 Å². The van der Waals surface area contributed by atoms with Crippen molar-refractivity contribution in [1.82, 2.24) is 14.6 Å². The highest BCUT2D eigenvalue weighted by atomic mass is 19.1. The first-order chi connectivity index (χ1) is 13.7. The second kappa shape index (κ2) is 6.56. The fourth-order valence-corrected chi connectivity index (χ4v) is 3.72. The zero-order chi connectivity index (χ0) is 19.1. The van der Waals surface area contributed by atoms with Crippen LogP contribution < -0.4 is 5.01 Å². The number of imidazole rings is 1. The van der Waals surface area contributed by atoms with Gasteiger partial charge in [-0.15, -0.1) is 0 Å². The first-order valence-corrected chi connectivity index (χ1v) is 9.12. The maximum absolute atomic E-state index is 13.7. The summed E-state index contributed by atoms with van der Waals surface area (Å²) in [5.41, 5.74) is 4.04. The minimum Gasteiger partial charge on any atom is -0.300 e. The molecule has 3 heterocycles. The van der Waals surface area contributed by atoms with Gasteiger partial charge in [-0.1, -0.05) is 24.3 Å². The van der Waals surface area contributed by atoms with Gasteiger partial charge in [-0.25, -0.2) is 19.0 Å². The number of halogens is 1. The van der Waals surface area contributed by atoms with Crippen LogP contribution in [0.1, 0.15) is 22.9 Å². The lowest BCUT2D eigenvalue weighted by atomic mass is 10.1. The second-order valence-corrected chi connectivity index (χ2v) is 6.92. The van der Waals surface area contributed by atoms with Crippen LogP contribution in [0.2, 0.25) is 0 Å². The highest BCUT2D eigenvalue weighted by Crippen LogP contribution is 2.28. The Bertz CT molecular complexity index is 1200. The number of nitrogens with zero attached hydrogens (tertiary/aromatic N) is 5. The van der Waals surface area contributed by atoms with Gasteiger partial charge in [0.25, 0.3) is 0 Å². The summed E-state index contributed by atoms with van der Waals surface area (Å²) < 4.78 is 15.7. The molecule has 0 fully saturated rings. The van der Waals surface area contributed by atoms with Crippen LogP contribution in [0.3, 0.4) is 0 Å². The Balaban J connectivity index is 1.49. The Kier molecular flexibility index (Phi) is 3.90. The molecule has 2 aromatic heterocycles. The van der Waals surface area contributed by atoms with Gasteiger partial charge >= 0.3 is 0 Å². The topological polar surface area (TPSA) is 46.3 Å². The summed E-state index contributed by atoms with van der Waals surface area (Å²) in [6.45, 7) is 0.